The molecule has 2 heteroatoms. The van der Waals surface area contributed by atoms with Crippen molar-refractivity contribution in [2.24, 2.45) is 0 Å². The number of benzene rings is 10. The Morgan fingerprint density at radius 2 is 0.788 bits per heavy atom. The lowest BCUT2D eigenvalue weighted by Crippen LogP contribution is -2.25. The minimum Gasteiger partial charge on any atom is -0.228 e. The van der Waals surface area contributed by atoms with Crippen LogP contribution in [0, 0.1) is 0 Å². The number of hydrogen-bond donors (Lipinski definition) is 0. The molecule has 308 valence electrons. The van der Waals surface area contributed by atoms with Crippen molar-refractivity contribution in [1.29, 1.82) is 0 Å². The Balaban J connectivity index is 0.993. The van der Waals surface area contributed by atoms with Crippen molar-refractivity contribution >= 4 is 21.5 Å². The van der Waals surface area contributed by atoms with Gasteiger partial charge in [-0.15, -0.1) is 0 Å². The van der Waals surface area contributed by atoms with E-state index in [0.29, 0.717) is 5.82 Å². The van der Waals surface area contributed by atoms with Gasteiger partial charge in [0.15, 0.2) is 5.82 Å². The van der Waals surface area contributed by atoms with Crippen LogP contribution in [0.3, 0.4) is 0 Å². The van der Waals surface area contributed by atoms with Crippen LogP contribution in [0.1, 0.15) is 47.2 Å². The molecule has 10 aromatic carbocycles. The molecule has 0 amide bonds. The van der Waals surface area contributed by atoms with Gasteiger partial charge in [-0.1, -0.05) is 214 Å². The van der Waals surface area contributed by atoms with E-state index in [9.17, 15) is 0 Å². The van der Waals surface area contributed by atoms with Crippen LogP contribution in [0.2, 0.25) is 0 Å². The summed E-state index contributed by atoms with van der Waals surface area (Å²) in [6.07, 6.45) is 0. The van der Waals surface area contributed by atoms with Gasteiger partial charge in [0.05, 0.1) is 16.8 Å². The van der Waals surface area contributed by atoms with Crippen LogP contribution in [-0.2, 0) is 10.8 Å². The largest absolute Gasteiger partial charge is 0.228 e. The van der Waals surface area contributed by atoms with Gasteiger partial charge in [0.2, 0.25) is 0 Å². The number of nitrogens with zero attached hydrogens (tertiary/aromatic N) is 2. The Morgan fingerprint density at radius 1 is 0.303 bits per heavy atom. The average Bonchev–Trinajstić information content (AvgIpc) is 3.94. The number of aromatic nitrogens is 2. The van der Waals surface area contributed by atoms with Crippen molar-refractivity contribution in [3.63, 3.8) is 0 Å². The second-order valence-corrected chi connectivity index (χ2v) is 18.7. The summed E-state index contributed by atoms with van der Waals surface area (Å²) in [5, 5.41) is 4.91. The van der Waals surface area contributed by atoms with E-state index < -0.39 is 5.41 Å². The first-order valence-electron chi connectivity index (χ1n) is 23.1. The van der Waals surface area contributed by atoms with Gasteiger partial charge in [0.25, 0.3) is 0 Å². The first-order valence-corrected chi connectivity index (χ1v) is 23.1. The minimum atomic E-state index is -0.445. The molecule has 14 rings (SSSR count). The van der Waals surface area contributed by atoms with Gasteiger partial charge >= 0.3 is 0 Å². The summed E-state index contributed by atoms with van der Waals surface area (Å²) in [6, 6.07) is 80.6. The van der Waals surface area contributed by atoms with Crippen molar-refractivity contribution < 1.29 is 0 Å². The van der Waals surface area contributed by atoms with Gasteiger partial charge in [-0.3, -0.25) is 0 Å². The molecule has 3 aliphatic carbocycles. The lowest BCUT2D eigenvalue weighted by atomic mass is 9.70. The zero-order chi connectivity index (χ0) is 43.7. The van der Waals surface area contributed by atoms with E-state index in [4.69, 9.17) is 9.97 Å². The molecule has 0 radical (unpaired) electrons. The monoisotopic (exact) mass is 838 g/mol. The number of fused-ring (bicyclic) bond motifs is 15. The summed E-state index contributed by atoms with van der Waals surface area (Å²) in [7, 11) is 0. The molecule has 1 heterocycles. The molecule has 66 heavy (non-hydrogen) atoms. The summed E-state index contributed by atoms with van der Waals surface area (Å²) in [5.41, 5.74) is 22.6. The molecule has 0 bridgehead atoms. The molecule has 0 saturated carbocycles. The SMILES string of the molecule is CC1(C)c2cc3ccccc3cc2-c2c(-c3ccc(-c4cc(-c5cccc6c5-c5ccccc5C65c6ccccc6-c6ccccc65)nc(-c5ccccc5)n4)c4ccccc34)cccc21. The third-order valence-corrected chi connectivity index (χ3v) is 15.1. The maximum Gasteiger partial charge on any atom is 0.160 e. The van der Waals surface area contributed by atoms with E-state index in [-0.39, 0.29) is 5.41 Å². The van der Waals surface area contributed by atoms with Crippen LogP contribution in [0.4, 0.5) is 0 Å². The fraction of sp³-hybridized carbons (Fsp3) is 0.0625. The third kappa shape index (κ3) is 4.96. The molecule has 0 aliphatic heterocycles. The van der Waals surface area contributed by atoms with Crippen molar-refractivity contribution in [2.75, 3.05) is 0 Å². The van der Waals surface area contributed by atoms with Crippen LogP contribution in [0.25, 0.3) is 100.0 Å². The predicted molar refractivity (Wildman–Crippen MR) is 273 cm³/mol. The van der Waals surface area contributed by atoms with E-state index in [0.717, 1.165) is 33.5 Å². The summed E-state index contributed by atoms with van der Waals surface area (Å²) >= 11 is 0. The van der Waals surface area contributed by atoms with E-state index in [2.05, 4.69) is 232 Å². The molecule has 1 aromatic heterocycles. The number of rotatable bonds is 4. The topological polar surface area (TPSA) is 25.8 Å². The highest BCUT2D eigenvalue weighted by atomic mass is 14.9. The zero-order valence-electron chi connectivity index (χ0n) is 36.7. The molecule has 0 N–H and O–H groups in total. The highest BCUT2D eigenvalue weighted by molar-refractivity contribution is 6.09. The average molecular weight is 839 g/mol. The van der Waals surface area contributed by atoms with E-state index in [1.165, 1.54) is 94.0 Å². The normalized spacial score (nSPS) is 14.2. The maximum atomic E-state index is 5.48. The Kier molecular flexibility index (Phi) is 7.70. The molecule has 0 unspecified atom stereocenters. The van der Waals surface area contributed by atoms with Gasteiger partial charge < -0.3 is 0 Å². The second-order valence-electron chi connectivity index (χ2n) is 18.7. The van der Waals surface area contributed by atoms with E-state index >= 15 is 0 Å². The first kappa shape index (κ1) is 37.2. The quantitative estimate of drug-likeness (QED) is 0.176. The standard InChI is InChI=1S/C64H42N2/c1-63(2)55-32-16-27-48(60(55)51-36-40-20-6-7-21-41(40)37-57(51)63)44-34-35-47(43-23-9-8-22-42(43)44)58-38-59(66-62(65-58)39-18-4-3-5-19-39)50-28-17-33-56-61(50)49-26-12-15-31-54(49)64(56)52-29-13-10-24-45(52)46-25-11-14-30-53(46)64/h3-38H,1-2H3. The molecule has 0 atom stereocenters. The van der Waals surface area contributed by atoms with Crippen molar-refractivity contribution in [1.82, 2.24) is 9.97 Å². The number of hydrogen-bond acceptors (Lipinski definition) is 2. The van der Waals surface area contributed by atoms with Gasteiger partial charge in [-0.05, 0) is 118 Å². The van der Waals surface area contributed by atoms with Crippen LogP contribution in [0.5, 0.6) is 0 Å². The van der Waals surface area contributed by atoms with Crippen LogP contribution in [-0.4, -0.2) is 9.97 Å². The maximum absolute atomic E-state index is 5.48. The van der Waals surface area contributed by atoms with Crippen LogP contribution >= 0.6 is 0 Å². The third-order valence-electron chi connectivity index (χ3n) is 15.1. The summed E-state index contributed by atoms with van der Waals surface area (Å²) in [6.45, 7) is 4.75. The van der Waals surface area contributed by atoms with Crippen molar-refractivity contribution in [3.05, 3.63) is 252 Å². The zero-order valence-corrected chi connectivity index (χ0v) is 36.7. The molecular formula is C64H42N2. The molecule has 1 spiro atoms. The molecule has 3 aliphatic rings. The van der Waals surface area contributed by atoms with Gasteiger partial charge in [0.1, 0.15) is 0 Å². The first-order chi connectivity index (χ1) is 32.5. The molecule has 2 nitrogen and oxygen atoms in total. The fourth-order valence-electron chi connectivity index (χ4n) is 12.3. The summed E-state index contributed by atoms with van der Waals surface area (Å²) < 4.78 is 0. The van der Waals surface area contributed by atoms with Gasteiger partial charge in [-0.25, -0.2) is 9.97 Å². The van der Waals surface area contributed by atoms with Crippen molar-refractivity contribution in [2.45, 2.75) is 24.7 Å². The predicted octanol–water partition coefficient (Wildman–Crippen LogP) is 16.1. The Hall–Kier alpha value is -8.20. The second kappa shape index (κ2) is 13.7. The summed E-state index contributed by atoms with van der Waals surface area (Å²) in [4.78, 5) is 10.9. The molecule has 0 saturated heterocycles. The van der Waals surface area contributed by atoms with Gasteiger partial charge in [-0.2, -0.15) is 0 Å². The highest BCUT2D eigenvalue weighted by Crippen LogP contribution is 2.64. The fourth-order valence-corrected chi connectivity index (χ4v) is 12.3. The molecule has 0 fully saturated rings. The van der Waals surface area contributed by atoms with E-state index in [1.54, 1.807) is 0 Å². The van der Waals surface area contributed by atoms with E-state index in [1.807, 2.05) is 0 Å². The summed E-state index contributed by atoms with van der Waals surface area (Å²) in [5.74, 6) is 0.707. The molecule has 11 aromatic rings. The van der Waals surface area contributed by atoms with Gasteiger partial charge in [0, 0.05) is 22.1 Å². The Labute approximate surface area is 384 Å². The Morgan fingerprint density at radius 3 is 1.50 bits per heavy atom. The molecular weight excluding hydrogens is 797 g/mol. The van der Waals surface area contributed by atoms with Crippen molar-refractivity contribution in [3.8, 4) is 78.4 Å². The van der Waals surface area contributed by atoms with Crippen LogP contribution < -0.4 is 0 Å². The lowest BCUT2D eigenvalue weighted by Gasteiger charge is -2.30. The smallest absolute Gasteiger partial charge is 0.160 e. The lowest BCUT2D eigenvalue weighted by molar-refractivity contribution is 0.661. The highest BCUT2D eigenvalue weighted by Gasteiger charge is 2.52. The van der Waals surface area contributed by atoms with Crippen LogP contribution in [0.15, 0.2) is 218 Å². The minimum absolute atomic E-state index is 0.131. The Bertz CT molecular complexity index is 3810.